The predicted molar refractivity (Wildman–Crippen MR) is 118 cm³/mol. The molecule has 0 aromatic carbocycles. The number of rotatable bonds is 8. The number of thiophene rings is 1. The fraction of sp³-hybridized carbons (Fsp3) is 0.400. The second-order valence-corrected chi connectivity index (χ2v) is 8.91. The Morgan fingerprint density at radius 2 is 2.24 bits per heavy atom. The molecule has 0 radical (unpaired) electrons. The SMILES string of the molecule is CN1CCCC1CCNCC(=O)Nc1cc(-c2nccs2)nc(-c2cccs2)n1. The Morgan fingerprint density at radius 3 is 2.97 bits per heavy atom. The number of hydrogen-bond donors (Lipinski definition) is 2. The average Bonchev–Trinajstić information content (AvgIpc) is 3.48. The van der Waals surface area contributed by atoms with Gasteiger partial charge >= 0.3 is 0 Å². The van der Waals surface area contributed by atoms with Crippen molar-refractivity contribution in [3.05, 3.63) is 35.2 Å². The molecule has 29 heavy (non-hydrogen) atoms. The Morgan fingerprint density at radius 1 is 1.31 bits per heavy atom. The van der Waals surface area contributed by atoms with Crippen LogP contribution in [0.25, 0.3) is 21.4 Å². The highest BCUT2D eigenvalue weighted by Crippen LogP contribution is 2.27. The summed E-state index contributed by atoms with van der Waals surface area (Å²) >= 11 is 3.08. The van der Waals surface area contributed by atoms with Gasteiger partial charge in [-0.2, -0.15) is 0 Å². The largest absolute Gasteiger partial charge is 0.309 e. The quantitative estimate of drug-likeness (QED) is 0.536. The molecule has 1 aliphatic rings. The maximum Gasteiger partial charge on any atom is 0.239 e. The third kappa shape index (κ3) is 5.24. The first-order valence-electron chi connectivity index (χ1n) is 9.72. The van der Waals surface area contributed by atoms with Crippen LogP contribution in [0.2, 0.25) is 0 Å². The number of likely N-dealkylation sites (tertiary alicyclic amines) is 1. The first-order chi connectivity index (χ1) is 14.2. The molecule has 1 aliphatic heterocycles. The lowest BCUT2D eigenvalue weighted by Crippen LogP contribution is -2.33. The van der Waals surface area contributed by atoms with Crippen molar-refractivity contribution >= 4 is 34.4 Å². The molecule has 1 fully saturated rings. The number of carbonyl (C=O) groups excluding carboxylic acids is 1. The molecule has 0 spiro atoms. The zero-order valence-electron chi connectivity index (χ0n) is 16.3. The summed E-state index contributed by atoms with van der Waals surface area (Å²) < 4.78 is 0. The van der Waals surface area contributed by atoms with Gasteiger partial charge in [-0.1, -0.05) is 6.07 Å². The molecule has 2 N–H and O–H groups in total. The van der Waals surface area contributed by atoms with Crippen LogP contribution in [-0.2, 0) is 4.79 Å². The number of hydrogen-bond acceptors (Lipinski definition) is 8. The van der Waals surface area contributed by atoms with E-state index < -0.39 is 0 Å². The summed E-state index contributed by atoms with van der Waals surface area (Å²) in [6.45, 7) is 2.27. The number of thiazole rings is 1. The monoisotopic (exact) mass is 428 g/mol. The summed E-state index contributed by atoms with van der Waals surface area (Å²) in [6.07, 6.45) is 5.32. The van der Waals surface area contributed by atoms with E-state index in [2.05, 4.69) is 37.5 Å². The molecule has 0 bridgehead atoms. The summed E-state index contributed by atoms with van der Waals surface area (Å²) in [7, 11) is 2.17. The van der Waals surface area contributed by atoms with E-state index in [9.17, 15) is 4.79 Å². The first kappa shape index (κ1) is 20.1. The molecule has 3 aromatic rings. The summed E-state index contributed by atoms with van der Waals surface area (Å²) in [5, 5.41) is 10.8. The zero-order chi connectivity index (χ0) is 20.1. The Labute approximate surface area is 178 Å². The van der Waals surface area contributed by atoms with Gasteiger partial charge in [0.05, 0.1) is 11.4 Å². The molecule has 7 nitrogen and oxygen atoms in total. The van der Waals surface area contributed by atoms with Gasteiger partial charge in [0.1, 0.15) is 16.5 Å². The second-order valence-electron chi connectivity index (χ2n) is 7.07. The van der Waals surface area contributed by atoms with Gasteiger partial charge in [-0.15, -0.1) is 22.7 Å². The van der Waals surface area contributed by atoms with E-state index in [4.69, 9.17) is 0 Å². The van der Waals surface area contributed by atoms with Crippen LogP contribution < -0.4 is 10.6 Å². The lowest BCUT2D eigenvalue weighted by Gasteiger charge is -2.19. The Balaban J connectivity index is 1.39. The van der Waals surface area contributed by atoms with Gasteiger partial charge in [0.25, 0.3) is 0 Å². The minimum Gasteiger partial charge on any atom is -0.309 e. The molecular weight excluding hydrogens is 404 g/mol. The number of nitrogens with zero attached hydrogens (tertiary/aromatic N) is 4. The van der Waals surface area contributed by atoms with Crippen molar-refractivity contribution in [2.45, 2.75) is 25.3 Å². The maximum atomic E-state index is 12.4. The fourth-order valence-corrected chi connectivity index (χ4v) is 4.74. The van der Waals surface area contributed by atoms with Crippen molar-refractivity contribution < 1.29 is 4.79 Å². The summed E-state index contributed by atoms with van der Waals surface area (Å²) in [4.78, 5) is 29.3. The smallest absolute Gasteiger partial charge is 0.239 e. The Bertz CT molecular complexity index is 876. The number of amides is 1. The molecule has 1 unspecified atom stereocenters. The number of nitrogens with one attached hydrogen (secondary N) is 2. The highest BCUT2D eigenvalue weighted by Gasteiger charge is 2.20. The average molecular weight is 429 g/mol. The number of anilines is 1. The number of carbonyl (C=O) groups is 1. The van der Waals surface area contributed by atoms with Crippen molar-refractivity contribution in [3.63, 3.8) is 0 Å². The van der Waals surface area contributed by atoms with E-state index in [0.29, 0.717) is 23.4 Å². The molecule has 3 aromatic heterocycles. The molecule has 152 valence electrons. The van der Waals surface area contributed by atoms with Crippen LogP contribution in [0.1, 0.15) is 19.3 Å². The van der Waals surface area contributed by atoms with Crippen LogP contribution in [0.15, 0.2) is 35.2 Å². The van der Waals surface area contributed by atoms with Gasteiger partial charge in [-0.05, 0) is 50.8 Å². The second kappa shape index (κ2) is 9.53. The van der Waals surface area contributed by atoms with E-state index in [1.54, 1.807) is 23.6 Å². The van der Waals surface area contributed by atoms with Gasteiger partial charge in [-0.3, -0.25) is 4.79 Å². The van der Waals surface area contributed by atoms with Crippen LogP contribution in [0.3, 0.4) is 0 Å². The highest BCUT2D eigenvalue weighted by atomic mass is 32.1. The predicted octanol–water partition coefficient (Wildman–Crippen LogP) is 3.34. The summed E-state index contributed by atoms with van der Waals surface area (Å²) in [6, 6.07) is 6.34. The lowest BCUT2D eigenvalue weighted by molar-refractivity contribution is -0.115. The van der Waals surface area contributed by atoms with Crippen LogP contribution in [0.5, 0.6) is 0 Å². The van der Waals surface area contributed by atoms with Crippen molar-refractivity contribution in [1.82, 2.24) is 25.2 Å². The molecule has 1 amide bonds. The van der Waals surface area contributed by atoms with Gasteiger partial charge in [0, 0.05) is 23.7 Å². The third-order valence-corrected chi connectivity index (χ3v) is 6.66. The number of aromatic nitrogens is 3. The molecule has 1 saturated heterocycles. The van der Waals surface area contributed by atoms with Crippen LogP contribution in [0, 0.1) is 0 Å². The standard InChI is InChI=1S/C20H24N6OS2/c1-26-9-2-4-14(26)6-7-21-13-18(27)24-17-12-15(20-22-8-11-29-20)23-19(25-17)16-5-3-10-28-16/h3,5,8,10-12,14,21H,2,4,6-7,9,13H2,1H3,(H,23,24,25,27). The molecule has 1 atom stereocenters. The molecule has 4 heterocycles. The van der Waals surface area contributed by atoms with Crippen molar-refractivity contribution in [3.8, 4) is 21.4 Å². The van der Waals surface area contributed by atoms with E-state index >= 15 is 0 Å². The molecule has 0 saturated carbocycles. The topological polar surface area (TPSA) is 83.0 Å². The van der Waals surface area contributed by atoms with Crippen LogP contribution in [-0.4, -0.2) is 58.5 Å². The minimum absolute atomic E-state index is 0.106. The van der Waals surface area contributed by atoms with Crippen LogP contribution >= 0.6 is 22.7 Å². The van der Waals surface area contributed by atoms with Crippen molar-refractivity contribution in [2.75, 3.05) is 32.0 Å². The fourth-order valence-electron chi connectivity index (χ4n) is 3.49. The summed E-state index contributed by atoms with van der Waals surface area (Å²) in [5.74, 6) is 0.988. The third-order valence-electron chi connectivity index (χ3n) is 5.00. The van der Waals surface area contributed by atoms with Crippen molar-refractivity contribution in [1.29, 1.82) is 0 Å². The zero-order valence-corrected chi connectivity index (χ0v) is 17.9. The molecule has 0 aliphatic carbocycles. The first-order valence-corrected chi connectivity index (χ1v) is 11.5. The normalized spacial score (nSPS) is 16.9. The molecular formula is C20H24N6OS2. The van der Waals surface area contributed by atoms with Crippen molar-refractivity contribution in [2.24, 2.45) is 0 Å². The Hall–Kier alpha value is -2.20. The van der Waals surface area contributed by atoms with E-state index in [0.717, 1.165) is 22.9 Å². The van der Waals surface area contributed by atoms with Gasteiger partial charge < -0.3 is 15.5 Å². The van der Waals surface area contributed by atoms with Gasteiger partial charge in [0.2, 0.25) is 5.91 Å². The van der Waals surface area contributed by atoms with Gasteiger partial charge in [-0.25, -0.2) is 15.0 Å². The highest BCUT2D eigenvalue weighted by molar-refractivity contribution is 7.13. The summed E-state index contributed by atoms with van der Waals surface area (Å²) in [5.41, 5.74) is 0.714. The molecule has 9 heteroatoms. The maximum absolute atomic E-state index is 12.4. The van der Waals surface area contributed by atoms with Gasteiger partial charge in [0.15, 0.2) is 5.82 Å². The van der Waals surface area contributed by atoms with Crippen LogP contribution in [0.4, 0.5) is 5.82 Å². The minimum atomic E-state index is -0.106. The molecule has 4 rings (SSSR count). The van der Waals surface area contributed by atoms with E-state index in [1.807, 2.05) is 22.9 Å². The van der Waals surface area contributed by atoms with E-state index in [-0.39, 0.29) is 12.5 Å². The lowest BCUT2D eigenvalue weighted by atomic mass is 10.1. The van der Waals surface area contributed by atoms with E-state index in [1.165, 1.54) is 30.7 Å². The Kier molecular flexibility index (Phi) is 6.60.